The lowest BCUT2D eigenvalue weighted by molar-refractivity contribution is 0.543. The summed E-state index contributed by atoms with van der Waals surface area (Å²) >= 11 is 3.30. The highest BCUT2D eigenvalue weighted by Gasteiger charge is 2.14. The van der Waals surface area contributed by atoms with E-state index in [0.29, 0.717) is 6.42 Å². The molecule has 0 fully saturated rings. The van der Waals surface area contributed by atoms with Gasteiger partial charge in [-0.2, -0.15) is 0 Å². The molecule has 0 spiro atoms. The zero-order valence-corrected chi connectivity index (χ0v) is 13.0. The Labute approximate surface area is 126 Å². The van der Waals surface area contributed by atoms with Crippen LogP contribution in [0.5, 0.6) is 0 Å². The number of aromatic nitrogens is 1. The van der Waals surface area contributed by atoms with Crippen molar-refractivity contribution >= 4 is 15.9 Å². The summed E-state index contributed by atoms with van der Waals surface area (Å²) in [5.74, 6) is 5.39. The van der Waals surface area contributed by atoms with Gasteiger partial charge in [0.1, 0.15) is 5.82 Å². The molecule has 3 nitrogen and oxygen atoms in total. The summed E-state index contributed by atoms with van der Waals surface area (Å²) in [5.41, 5.74) is 6.59. The number of pyridine rings is 1. The van der Waals surface area contributed by atoms with Gasteiger partial charge in [-0.3, -0.25) is 16.3 Å². The van der Waals surface area contributed by atoms with Crippen molar-refractivity contribution in [2.24, 2.45) is 5.84 Å². The Morgan fingerprint density at radius 3 is 2.65 bits per heavy atom. The Morgan fingerprint density at radius 1 is 1.30 bits per heavy atom. The molecule has 0 aliphatic carbocycles. The average Bonchev–Trinajstić information content (AvgIpc) is 2.35. The lowest BCUT2D eigenvalue weighted by Gasteiger charge is -2.18. The number of hydrogen-bond donors (Lipinski definition) is 2. The number of rotatable bonds is 4. The Bertz CT molecular complexity index is 596. The molecule has 2 rings (SSSR count). The van der Waals surface area contributed by atoms with Crippen molar-refractivity contribution in [1.82, 2.24) is 10.4 Å². The van der Waals surface area contributed by atoms with E-state index in [-0.39, 0.29) is 11.9 Å². The van der Waals surface area contributed by atoms with Crippen molar-refractivity contribution in [3.63, 3.8) is 0 Å². The topological polar surface area (TPSA) is 50.9 Å². The van der Waals surface area contributed by atoms with Crippen LogP contribution >= 0.6 is 15.9 Å². The van der Waals surface area contributed by atoms with Crippen LogP contribution in [0.15, 0.2) is 34.8 Å². The summed E-state index contributed by atoms with van der Waals surface area (Å²) in [6, 6.07) is 8.71. The molecule has 0 aliphatic heterocycles. The molecule has 2 aromatic rings. The van der Waals surface area contributed by atoms with Gasteiger partial charge in [0, 0.05) is 15.9 Å². The molecule has 0 saturated heterocycles. The Hall–Kier alpha value is -1.30. The van der Waals surface area contributed by atoms with Gasteiger partial charge in [0.05, 0.1) is 6.04 Å². The maximum Gasteiger partial charge on any atom is 0.124 e. The van der Waals surface area contributed by atoms with E-state index in [1.165, 1.54) is 12.1 Å². The minimum Gasteiger partial charge on any atom is -0.271 e. The molecule has 5 heteroatoms. The number of nitrogens with zero attached hydrogens (tertiary/aromatic N) is 1. The molecule has 0 saturated carbocycles. The first-order valence-electron chi connectivity index (χ1n) is 6.35. The third kappa shape index (κ3) is 3.62. The molecule has 0 aliphatic rings. The van der Waals surface area contributed by atoms with E-state index < -0.39 is 0 Å². The Kier molecular flexibility index (Phi) is 4.86. The quantitative estimate of drug-likeness (QED) is 0.664. The largest absolute Gasteiger partial charge is 0.271 e. The molecule has 1 unspecified atom stereocenters. The van der Waals surface area contributed by atoms with Crippen molar-refractivity contribution in [2.75, 3.05) is 0 Å². The fraction of sp³-hybridized carbons (Fsp3) is 0.267. The first-order chi connectivity index (χ1) is 9.49. The van der Waals surface area contributed by atoms with Gasteiger partial charge in [-0.05, 0) is 55.7 Å². The van der Waals surface area contributed by atoms with Crippen molar-refractivity contribution < 1.29 is 4.39 Å². The summed E-state index contributed by atoms with van der Waals surface area (Å²) in [6.07, 6.45) is 0.596. The predicted octanol–water partition coefficient (Wildman–Crippen LogP) is 3.35. The van der Waals surface area contributed by atoms with Crippen molar-refractivity contribution in [1.29, 1.82) is 0 Å². The van der Waals surface area contributed by atoms with Gasteiger partial charge in [0.25, 0.3) is 0 Å². The van der Waals surface area contributed by atoms with Gasteiger partial charge in [-0.1, -0.05) is 22.0 Å². The van der Waals surface area contributed by atoms with Gasteiger partial charge in [0.2, 0.25) is 0 Å². The number of aryl methyl sites for hydroxylation is 2. The van der Waals surface area contributed by atoms with E-state index in [2.05, 4.69) is 26.3 Å². The predicted molar refractivity (Wildman–Crippen MR) is 81.6 cm³/mol. The highest BCUT2D eigenvalue weighted by atomic mass is 79.9. The number of hydrogen-bond acceptors (Lipinski definition) is 3. The monoisotopic (exact) mass is 337 g/mol. The molecule has 0 bridgehead atoms. The summed E-state index contributed by atoms with van der Waals surface area (Å²) < 4.78 is 14.1. The molecule has 0 radical (unpaired) electrons. The standard InChI is InChI=1S/C15H17BrFN3/c1-9-3-4-14(10(2)19-9)15(20-18)7-11-5-12(16)8-13(17)6-11/h3-6,8,15,20H,7,18H2,1-2H3. The third-order valence-electron chi connectivity index (χ3n) is 3.20. The summed E-state index contributed by atoms with van der Waals surface area (Å²) in [6.45, 7) is 3.90. The Balaban J connectivity index is 2.28. The fourth-order valence-electron chi connectivity index (χ4n) is 2.29. The van der Waals surface area contributed by atoms with Crippen LogP contribution in [-0.2, 0) is 6.42 Å². The molecule has 1 aromatic carbocycles. The van der Waals surface area contributed by atoms with Crippen molar-refractivity contribution in [2.45, 2.75) is 26.3 Å². The summed E-state index contributed by atoms with van der Waals surface area (Å²) in [5, 5.41) is 0. The second-order valence-electron chi connectivity index (χ2n) is 4.83. The van der Waals surface area contributed by atoms with E-state index in [0.717, 1.165) is 27.0 Å². The fourth-order valence-corrected chi connectivity index (χ4v) is 2.80. The van der Waals surface area contributed by atoms with Crippen LogP contribution in [0.3, 0.4) is 0 Å². The third-order valence-corrected chi connectivity index (χ3v) is 3.66. The highest BCUT2D eigenvalue weighted by Crippen LogP contribution is 2.23. The van der Waals surface area contributed by atoms with Crippen LogP contribution in [-0.4, -0.2) is 4.98 Å². The van der Waals surface area contributed by atoms with Gasteiger partial charge in [0.15, 0.2) is 0 Å². The number of hydrazine groups is 1. The second kappa shape index (κ2) is 6.43. The molecule has 1 aromatic heterocycles. The van der Waals surface area contributed by atoms with Gasteiger partial charge < -0.3 is 0 Å². The molecule has 106 valence electrons. The number of benzene rings is 1. The van der Waals surface area contributed by atoms with Crippen LogP contribution in [0.4, 0.5) is 4.39 Å². The maximum absolute atomic E-state index is 13.4. The summed E-state index contributed by atoms with van der Waals surface area (Å²) in [4.78, 5) is 4.44. The second-order valence-corrected chi connectivity index (χ2v) is 5.74. The molecule has 3 N–H and O–H groups in total. The first kappa shape index (κ1) is 15.1. The van der Waals surface area contributed by atoms with Gasteiger partial charge in [-0.15, -0.1) is 0 Å². The van der Waals surface area contributed by atoms with E-state index in [1.807, 2.05) is 32.0 Å². The van der Waals surface area contributed by atoms with Crippen LogP contribution in [0.2, 0.25) is 0 Å². The SMILES string of the molecule is Cc1ccc(C(Cc2cc(F)cc(Br)c2)NN)c(C)n1. The van der Waals surface area contributed by atoms with E-state index in [1.54, 1.807) is 0 Å². The van der Waals surface area contributed by atoms with Gasteiger partial charge in [-0.25, -0.2) is 4.39 Å². The zero-order chi connectivity index (χ0) is 14.7. The highest BCUT2D eigenvalue weighted by molar-refractivity contribution is 9.10. The van der Waals surface area contributed by atoms with Crippen LogP contribution in [0.25, 0.3) is 0 Å². The smallest absolute Gasteiger partial charge is 0.124 e. The van der Waals surface area contributed by atoms with Crippen LogP contribution in [0, 0.1) is 19.7 Å². The number of halogens is 2. The number of nitrogens with one attached hydrogen (secondary N) is 1. The first-order valence-corrected chi connectivity index (χ1v) is 7.14. The molecule has 1 heterocycles. The minimum absolute atomic E-state index is 0.100. The minimum atomic E-state index is -0.260. The summed E-state index contributed by atoms with van der Waals surface area (Å²) in [7, 11) is 0. The lowest BCUT2D eigenvalue weighted by atomic mass is 9.98. The van der Waals surface area contributed by atoms with Crippen LogP contribution in [0.1, 0.15) is 28.6 Å². The Morgan fingerprint density at radius 2 is 2.05 bits per heavy atom. The van der Waals surface area contributed by atoms with Gasteiger partial charge >= 0.3 is 0 Å². The van der Waals surface area contributed by atoms with Crippen molar-refractivity contribution in [3.8, 4) is 0 Å². The molecule has 20 heavy (non-hydrogen) atoms. The molecular weight excluding hydrogens is 321 g/mol. The van der Waals surface area contributed by atoms with E-state index in [9.17, 15) is 4.39 Å². The molecule has 1 atom stereocenters. The normalized spacial score (nSPS) is 12.4. The average molecular weight is 338 g/mol. The number of nitrogens with two attached hydrogens (primary N) is 1. The maximum atomic E-state index is 13.4. The van der Waals surface area contributed by atoms with E-state index >= 15 is 0 Å². The van der Waals surface area contributed by atoms with Crippen molar-refractivity contribution in [3.05, 3.63) is 63.1 Å². The molecular formula is C15H17BrFN3. The molecule has 0 amide bonds. The zero-order valence-electron chi connectivity index (χ0n) is 11.5. The van der Waals surface area contributed by atoms with E-state index in [4.69, 9.17) is 5.84 Å². The lowest BCUT2D eigenvalue weighted by Crippen LogP contribution is -2.30. The van der Waals surface area contributed by atoms with Crippen LogP contribution < -0.4 is 11.3 Å².